The van der Waals surface area contributed by atoms with Crippen LogP contribution in [-0.4, -0.2) is 34.9 Å². The van der Waals surface area contributed by atoms with Gasteiger partial charge in [0, 0.05) is 18.7 Å². The Morgan fingerprint density at radius 1 is 1.19 bits per heavy atom. The van der Waals surface area contributed by atoms with Gasteiger partial charge in [0.15, 0.2) is 0 Å². The molecule has 2 amide bonds. The molecule has 0 aliphatic carbocycles. The van der Waals surface area contributed by atoms with Crippen LogP contribution in [0.4, 0.5) is 23.7 Å². The van der Waals surface area contributed by atoms with Gasteiger partial charge < -0.3 is 20.8 Å². The van der Waals surface area contributed by atoms with E-state index in [0.29, 0.717) is 0 Å². The predicted molar refractivity (Wildman–Crippen MR) is 66.7 cm³/mol. The van der Waals surface area contributed by atoms with Crippen LogP contribution in [0.25, 0.3) is 0 Å². The van der Waals surface area contributed by atoms with Gasteiger partial charge in [0.25, 0.3) is 0 Å². The number of carboxylic acid groups (broad SMARTS) is 1. The number of amides is 2. The maximum absolute atomic E-state index is 12.3. The molecule has 0 heterocycles. The van der Waals surface area contributed by atoms with E-state index in [1.54, 1.807) is 0 Å². The maximum atomic E-state index is 12.3. The van der Waals surface area contributed by atoms with Crippen molar-refractivity contribution in [1.82, 2.24) is 5.32 Å². The van der Waals surface area contributed by atoms with E-state index in [1.165, 1.54) is 0 Å². The SMILES string of the molecule is O=C(Nc1ccc(C(F)(F)F)cc1)NC(CCO)C(=O)O. The zero-order chi connectivity index (χ0) is 16.0. The molecule has 0 aliphatic heterocycles. The molecule has 4 N–H and O–H groups in total. The van der Waals surface area contributed by atoms with Crippen LogP contribution in [-0.2, 0) is 11.0 Å². The summed E-state index contributed by atoms with van der Waals surface area (Å²) in [6.07, 6.45) is -4.66. The maximum Gasteiger partial charge on any atom is 0.416 e. The number of carbonyl (C=O) groups is 2. The van der Waals surface area contributed by atoms with Crippen LogP contribution in [0.3, 0.4) is 0 Å². The first-order valence-electron chi connectivity index (χ1n) is 5.82. The van der Waals surface area contributed by atoms with Crippen molar-refractivity contribution in [2.75, 3.05) is 11.9 Å². The molecule has 116 valence electrons. The van der Waals surface area contributed by atoms with Crippen molar-refractivity contribution >= 4 is 17.7 Å². The number of nitrogens with one attached hydrogen (secondary N) is 2. The lowest BCUT2D eigenvalue weighted by molar-refractivity contribution is -0.139. The number of aliphatic carboxylic acids is 1. The van der Waals surface area contributed by atoms with Crippen molar-refractivity contribution in [3.05, 3.63) is 29.8 Å². The third-order valence-corrected chi connectivity index (χ3v) is 2.49. The summed E-state index contributed by atoms with van der Waals surface area (Å²) in [5.41, 5.74) is -0.786. The lowest BCUT2D eigenvalue weighted by Gasteiger charge is -2.14. The normalized spacial score (nSPS) is 12.6. The second-order valence-corrected chi connectivity index (χ2v) is 4.08. The minimum atomic E-state index is -4.48. The highest BCUT2D eigenvalue weighted by molar-refractivity contribution is 5.92. The number of aliphatic hydroxyl groups is 1. The monoisotopic (exact) mass is 306 g/mol. The van der Waals surface area contributed by atoms with Crippen LogP contribution in [0.2, 0.25) is 0 Å². The molecule has 1 unspecified atom stereocenters. The minimum absolute atomic E-state index is 0.0774. The van der Waals surface area contributed by atoms with Gasteiger partial charge in [-0.3, -0.25) is 0 Å². The summed E-state index contributed by atoms with van der Waals surface area (Å²) in [5, 5.41) is 21.7. The lowest BCUT2D eigenvalue weighted by atomic mass is 10.2. The molecule has 0 aromatic heterocycles. The number of rotatable bonds is 5. The molecular weight excluding hydrogens is 293 g/mol. The van der Waals surface area contributed by atoms with Gasteiger partial charge in [0.05, 0.1) is 5.56 Å². The first-order valence-corrected chi connectivity index (χ1v) is 5.82. The number of carboxylic acids is 1. The standard InChI is InChI=1S/C12H13F3N2O4/c13-12(14,15)7-1-3-8(4-2-7)16-11(21)17-9(5-6-18)10(19)20/h1-4,9,18H,5-6H2,(H,19,20)(H2,16,17,21). The number of benzene rings is 1. The molecule has 0 saturated carbocycles. The summed E-state index contributed by atoms with van der Waals surface area (Å²) < 4.78 is 37.0. The van der Waals surface area contributed by atoms with Crippen LogP contribution in [0.1, 0.15) is 12.0 Å². The number of hydrogen-bond donors (Lipinski definition) is 4. The molecule has 0 aliphatic rings. The smallest absolute Gasteiger partial charge is 0.416 e. The molecule has 0 bridgehead atoms. The average molecular weight is 306 g/mol. The summed E-state index contributed by atoms with van der Waals surface area (Å²) in [6, 6.07) is 1.49. The van der Waals surface area contributed by atoms with E-state index < -0.39 is 36.4 Å². The third-order valence-electron chi connectivity index (χ3n) is 2.49. The molecule has 1 rings (SSSR count). The van der Waals surface area contributed by atoms with E-state index in [1.807, 2.05) is 0 Å². The van der Waals surface area contributed by atoms with Crippen molar-refractivity contribution in [2.24, 2.45) is 0 Å². The van der Waals surface area contributed by atoms with Gasteiger partial charge in [-0.1, -0.05) is 0 Å². The molecule has 0 fully saturated rings. The van der Waals surface area contributed by atoms with Gasteiger partial charge in [0.2, 0.25) is 0 Å². The number of urea groups is 1. The fourth-order valence-corrected chi connectivity index (χ4v) is 1.45. The predicted octanol–water partition coefficient (Wildman–Crippen LogP) is 1.66. The molecule has 1 atom stereocenters. The highest BCUT2D eigenvalue weighted by Crippen LogP contribution is 2.29. The number of hydrogen-bond acceptors (Lipinski definition) is 3. The topological polar surface area (TPSA) is 98.7 Å². The highest BCUT2D eigenvalue weighted by Gasteiger charge is 2.30. The Hall–Kier alpha value is -2.29. The van der Waals surface area contributed by atoms with Crippen LogP contribution in [0, 0.1) is 0 Å². The zero-order valence-electron chi connectivity index (χ0n) is 10.6. The second-order valence-electron chi connectivity index (χ2n) is 4.08. The number of halogens is 3. The van der Waals surface area contributed by atoms with Gasteiger partial charge in [0.1, 0.15) is 6.04 Å². The number of carbonyl (C=O) groups excluding carboxylic acids is 1. The summed E-state index contributed by atoms with van der Waals surface area (Å²) in [6.45, 7) is -0.433. The van der Waals surface area contributed by atoms with Gasteiger partial charge in [-0.2, -0.15) is 13.2 Å². The molecule has 1 aromatic carbocycles. The van der Waals surface area contributed by atoms with E-state index in [9.17, 15) is 22.8 Å². The third kappa shape index (κ3) is 5.30. The average Bonchev–Trinajstić information content (AvgIpc) is 2.37. The quantitative estimate of drug-likeness (QED) is 0.665. The number of aliphatic hydroxyl groups excluding tert-OH is 1. The first-order chi connectivity index (χ1) is 9.74. The van der Waals surface area contributed by atoms with Crippen molar-refractivity contribution in [1.29, 1.82) is 0 Å². The van der Waals surface area contributed by atoms with E-state index in [0.717, 1.165) is 24.3 Å². The van der Waals surface area contributed by atoms with Crippen LogP contribution in [0.15, 0.2) is 24.3 Å². The molecule has 21 heavy (non-hydrogen) atoms. The van der Waals surface area contributed by atoms with Gasteiger partial charge in [-0.25, -0.2) is 9.59 Å². The van der Waals surface area contributed by atoms with E-state index >= 15 is 0 Å². The summed E-state index contributed by atoms with van der Waals surface area (Å²) >= 11 is 0. The molecule has 9 heteroatoms. The molecular formula is C12H13F3N2O4. The van der Waals surface area contributed by atoms with Crippen molar-refractivity contribution in [3.8, 4) is 0 Å². The first kappa shape index (κ1) is 16.8. The highest BCUT2D eigenvalue weighted by atomic mass is 19.4. The zero-order valence-corrected chi connectivity index (χ0v) is 10.6. The summed E-state index contributed by atoms with van der Waals surface area (Å²) in [7, 11) is 0. The molecule has 0 spiro atoms. The molecule has 6 nitrogen and oxygen atoms in total. The van der Waals surface area contributed by atoms with E-state index in [2.05, 4.69) is 10.6 Å². The van der Waals surface area contributed by atoms with Gasteiger partial charge in [-0.05, 0) is 24.3 Å². The molecule has 0 saturated heterocycles. The van der Waals surface area contributed by atoms with E-state index in [-0.39, 0.29) is 12.1 Å². The van der Waals surface area contributed by atoms with Crippen LogP contribution < -0.4 is 10.6 Å². The largest absolute Gasteiger partial charge is 0.480 e. The van der Waals surface area contributed by atoms with E-state index in [4.69, 9.17) is 10.2 Å². The van der Waals surface area contributed by atoms with Crippen LogP contribution in [0.5, 0.6) is 0 Å². The number of anilines is 1. The fourth-order valence-electron chi connectivity index (χ4n) is 1.45. The fraction of sp³-hybridized carbons (Fsp3) is 0.333. The summed E-state index contributed by atoms with van der Waals surface area (Å²) in [5.74, 6) is -1.33. The Bertz CT molecular complexity index is 502. The van der Waals surface area contributed by atoms with Crippen molar-refractivity contribution in [2.45, 2.75) is 18.6 Å². The van der Waals surface area contributed by atoms with Gasteiger partial charge >= 0.3 is 18.2 Å². The van der Waals surface area contributed by atoms with Gasteiger partial charge in [-0.15, -0.1) is 0 Å². The molecule has 1 aromatic rings. The Morgan fingerprint density at radius 3 is 2.19 bits per heavy atom. The Balaban J connectivity index is 2.64. The van der Waals surface area contributed by atoms with Crippen molar-refractivity contribution < 1.29 is 33.0 Å². The summed E-state index contributed by atoms with van der Waals surface area (Å²) in [4.78, 5) is 22.2. The molecule has 0 radical (unpaired) electrons. The number of alkyl halides is 3. The second kappa shape index (κ2) is 6.93. The van der Waals surface area contributed by atoms with Crippen LogP contribution >= 0.6 is 0 Å². The lowest BCUT2D eigenvalue weighted by Crippen LogP contribution is -2.43. The Morgan fingerprint density at radius 2 is 1.76 bits per heavy atom. The Labute approximate surface area is 117 Å². The minimum Gasteiger partial charge on any atom is -0.480 e. The van der Waals surface area contributed by atoms with Crippen molar-refractivity contribution in [3.63, 3.8) is 0 Å². The Kier molecular flexibility index (Phi) is 5.53.